The first kappa shape index (κ1) is 19.1. The van der Waals surface area contributed by atoms with Crippen LogP contribution < -0.4 is 10.5 Å². The van der Waals surface area contributed by atoms with Crippen molar-refractivity contribution >= 4 is 15.9 Å². The number of carbonyl (C=O) groups is 1. The van der Waals surface area contributed by atoms with Gasteiger partial charge in [0.05, 0.1) is 11.5 Å². The van der Waals surface area contributed by atoms with Crippen molar-refractivity contribution in [1.29, 1.82) is 0 Å². The summed E-state index contributed by atoms with van der Waals surface area (Å²) in [7, 11) is -3.68. The van der Waals surface area contributed by atoms with Crippen molar-refractivity contribution in [3.05, 3.63) is 65.7 Å². The summed E-state index contributed by atoms with van der Waals surface area (Å²) >= 11 is 0. The van der Waals surface area contributed by atoms with Crippen molar-refractivity contribution in [3.8, 4) is 0 Å². The quantitative estimate of drug-likeness (QED) is 0.745. The van der Waals surface area contributed by atoms with Crippen LogP contribution in [0.4, 0.5) is 0 Å². The lowest BCUT2D eigenvalue weighted by atomic mass is 10.1. The van der Waals surface area contributed by atoms with Gasteiger partial charge in [-0.2, -0.15) is 0 Å². The molecule has 7 heteroatoms. The number of sulfonamides is 1. The van der Waals surface area contributed by atoms with Gasteiger partial charge in [0.2, 0.25) is 15.9 Å². The molecule has 0 bridgehead atoms. The lowest BCUT2D eigenvalue weighted by molar-refractivity contribution is -0.132. The van der Waals surface area contributed by atoms with E-state index in [2.05, 4.69) is 5.32 Å². The van der Waals surface area contributed by atoms with Crippen LogP contribution in [0.15, 0.2) is 59.5 Å². The molecule has 0 spiro atoms. The number of hydrogen-bond acceptors (Lipinski definition) is 4. The van der Waals surface area contributed by atoms with Gasteiger partial charge in [-0.15, -0.1) is 0 Å². The van der Waals surface area contributed by atoms with Gasteiger partial charge in [-0.05, 0) is 36.6 Å². The highest BCUT2D eigenvalue weighted by atomic mass is 32.2. The highest BCUT2D eigenvalue weighted by Gasteiger charge is 2.13. The zero-order chi connectivity index (χ0) is 18.3. The first-order valence-corrected chi connectivity index (χ1v) is 9.46. The fourth-order valence-electron chi connectivity index (χ4n) is 2.19. The summed E-state index contributed by atoms with van der Waals surface area (Å²) < 4.78 is 27.9. The third-order valence-electron chi connectivity index (χ3n) is 3.68. The first-order valence-electron chi connectivity index (χ1n) is 7.91. The van der Waals surface area contributed by atoms with E-state index in [1.807, 2.05) is 30.3 Å². The third-order valence-corrected chi connectivity index (χ3v) is 4.61. The number of nitrogens with two attached hydrogens (primary N) is 1. The predicted molar refractivity (Wildman–Crippen MR) is 95.2 cm³/mol. The zero-order valence-corrected chi connectivity index (χ0v) is 14.8. The predicted octanol–water partition coefficient (Wildman–Crippen LogP) is 1.60. The van der Waals surface area contributed by atoms with Crippen molar-refractivity contribution in [2.75, 3.05) is 6.54 Å². The maximum Gasteiger partial charge on any atom is 0.248 e. The van der Waals surface area contributed by atoms with Crippen molar-refractivity contribution in [2.24, 2.45) is 5.14 Å². The molecule has 0 aliphatic carbocycles. The standard InChI is InChI=1S/C18H22N2O4S/c1-14(24-13-16-5-3-2-4-6-16)18(21)20-12-11-15-7-9-17(10-8-15)25(19,22)23/h2-10,14H,11-13H2,1H3,(H,20,21)(H2,19,22,23). The summed E-state index contributed by atoms with van der Waals surface area (Å²) in [6, 6.07) is 15.9. The summed E-state index contributed by atoms with van der Waals surface area (Å²) in [5.74, 6) is -0.183. The van der Waals surface area contributed by atoms with Gasteiger partial charge in [0, 0.05) is 6.54 Å². The Morgan fingerprint density at radius 1 is 1.08 bits per heavy atom. The van der Waals surface area contributed by atoms with E-state index in [0.717, 1.165) is 11.1 Å². The number of hydrogen-bond donors (Lipinski definition) is 2. The lowest BCUT2D eigenvalue weighted by Crippen LogP contribution is -2.35. The maximum atomic E-state index is 12.0. The second-order valence-corrected chi connectivity index (χ2v) is 7.23. The van der Waals surface area contributed by atoms with E-state index >= 15 is 0 Å². The van der Waals surface area contributed by atoms with E-state index in [1.54, 1.807) is 19.1 Å². The molecular formula is C18H22N2O4S. The first-order chi connectivity index (χ1) is 11.9. The highest BCUT2D eigenvalue weighted by molar-refractivity contribution is 7.89. The van der Waals surface area contributed by atoms with Gasteiger partial charge >= 0.3 is 0 Å². The number of ether oxygens (including phenoxy) is 1. The summed E-state index contributed by atoms with van der Waals surface area (Å²) in [5.41, 5.74) is 1.92. The van der Waals surface area contributed by atoms with Gasteiger partial charge in [0.1, 0.15) is 6.10 Å². The fourth-order valence-corrected chi connectivity index (χ4v) is 2.71. The SMILES string of the molecule is CC(OCc1ccccc1)C(=O)NCCc1ccc(S(N)(=O)=O)cc1. The molecule has 2 aromatic rings. The minimum Gasteiger partial charge on any atom is -0.364 e. The second kappa shape index (κ2) is 8.75. The van der Waals surface area contributed by atoms with E-state index < -0.39 is 16.1 Å². The van der Waals surface area contributed by atoms with Crippen LogP contribution in [0.3, 0.4) is 0 Å². The maximum absolute atomic E-state index is 12.0. The van der Waals surface area contributed by atoms with Gasteiger partial charge in [0.15, 0.2) is 0 Å². The Kier molecular flexibility index (Phi) is 6.69. The Morgan fingerprint density at radius 3 is 2.32 bits per heavy atom. The van der Waals surface area contributed by atoms with E-state index in [0.29, 0.717) is 19.6 Å². The molecule has 1 unspecified atom stereocenters. The number of nitrogens with one attached hydrogen (secondary N) is 1. The Labute approximate surface area is 148 Å². The topological polar surface area (TPSA) is 98.5 Å². The van der Waals surface area contributed by atoms with Crippen LogP contribution in [0.25, 0.3) is 0 Å². The Morgan fingerprint density at radius 2 is 1.72 bits per heavy atom. The van der Waals surface area contributed by atoms with Crippen LogP contribution in [0.2, 0.25) is 0 Å². The smallest absolute Gasteiger partial charge is 0.248 e. The van der Waals surface area contributed by atoms with Gasteiger partial charge in [-0.3, -0.25) is 4.79 Å². The summed E-state index contributed by atoms with van der Waals surface area (Å²) in [4.78, 5) is 12.1. The molecule has 1 amide bonds. The third kappa shape index (κ3) is 6.30. The van der Waals surface area contributed by atoms with Crippen LogP contribution in [0.5, 0.6) is 0 Å². The lowest BCUT2D eigenvalue weighted by Gasteiger charge is -2.13. The van der Waals surface area contributed by atoms with Crippen LogP contribution in [-0.2, 0) is 32.6 Å². The molecule has 3 N–H and O–H groups in total. The average Bonchev–Trinajstić information content (AvgIpc) is 2.60. The van der Waals surface area contributed by atoms with Crippen LogP contribution >= 0.6 is 0 Å². The molecule has 0 saturated heterocycles. The largest absolute Gasteiger partial charge is 0.364 e. The number of carbonyl (C=O) groups excluding carboxylic acids is 1. The van der Waals surface area contributed by atoms with Crippen molar-refractivity contribution in [2.45, 2.75) is 31.0 Å². The molecule has 6 nitrogen and oxygen atoms in total. The molecule has 0 aliphatic rings. The van der Waals surface area contributed by atoms with E-state index in [-0.39, 0.29) is 10.8 Å². The summed E-state index contributed by atoms with van der Waals surface area (Å²) in [6.45, 7) is 2.52. The summed E-state index contributed by atoms with van der Waals surface area (Å²) in [5, 5.41) is 7.86. The Bertz CT molecular complexity index is 790. The van der Waals surface area contributed by atoms with Crippen molar-refractivity contribution in [1.82, 2.24) is 5.32 Å². The molecular weight excluding hydrogens is 340 g/mol. The number of primary sulfonamides is 1. The molecule has 0 aromatic heterocycles. The Hall–Kier alpha value is -2.22. The molecule has 0 aliphatic heterocycles. The van der Waals surface area contributed by atoms with Crippen molar-refractivity contribution in [3.63, 3.8) is 0 Å². The molecule has 0 saturated carbocycles. The molecule has 134 valence electrons. The molecule has 0 radical (unpaired) electrons. The van der Waals surface area contributed by atoms with Crippen LogP contribution in [-0.4, -0.2) is 27.0 Å². The Balaban J connectivity index is 1.74. The van der Waals surface area contributed by atoms with E-state index in [9.17, 15) is 13.2 Å². The molecule has 0 fully saturated rings. The molecule has 2 aromatic carbocycles. The molecule has 25 heavy (non-hydrogen) atoms. The monoisotopic (exact) mass is 362 g/mol. The average molecular weight is 362 g/mol. The fraction of sp³-hybridized carbons (Fsp3) is 0.278. The normalized spacial score (nSPS) is 12.6. The van der Waals surface area contributed by atoms with Gasteiger partial charge < -0.3 is 10.1 Å². The number of rotatable bonds is 8. The molecule has 1 atom stereocenters. The minimum atomic E-state index is -3.68. The van der Waals surface area contributed by atoms with Crippen LogP contribution in [0.1, 0.15) is 18.1 Å². The van der Waals surface area contributed by atoms with E-state index in [1.165, 1.54) is 12.1 Å². The van der Waals surface area contributed by atoms with Crippen molar-refractivity contribution < 1.29 is 17.9 Å². The zero-order valence-electron chi connectivity index (χ0n) is 14.0. The van der Waals surface area contributed by atoms with Crippen LogP contribution in [0, 0.1) is 0 Å². The number of benzene rings is 2. The molecule has 2 rings (SSSR count). The van der Waals surface area contributed by atoms with Gasteiger partial charge in [-0.25, -0.2) is 13.6 Å². The van der Waals surface area contributed by atoms with Gasteiger partial charge in [-0.1, -0.05) is 42.5 Å². The minimum absolute atomic E-state index is 0.0724. The highest BCUT2D eigenvalue weighted by Crippen LogP contribution is 2.09. The molecule has 0 heterocycles. The second-order valence-electron chi connectivity index (χ2n) is 5.67. The number of amides is 1. The van der Waals surface area contributed by atoms with Gasteiger partial charge in [0.25, 0.3) is 0 Å². The van der Waals surface area contributed by atoms with E-state index in [4.69, 9.17) is 9.88 Å². The summed E-state index contributed by atoms with van der Waals surface area (Å²) in [6.07, 6.45) is 0.0344.